The minimum atomic E-state index is -0.662. The maximum Gasteiger partial charge on any atom is 0.262 e. The molecule has 1 heterocycles. The van der Waals surface area contributed by atoms with Crippen molar-refractivity contribution in [2.75, 3.05) is 25.6 Å². The number of carbonyl (C=O) groups is 2. The summed E-state index contributed by atoms with van der Waals surface area (Å²) in [6.45, 7) is 2.15. The number of ether oxygens (including phenoxy) is 3. The standard InChI is InChI=1S/C24H25N3O6/c1-16-23(33-15-22(29)26-20-6-4-3-5-19(20)24(25)30)21(28)11-12-27(16)13-14-32-18-9-7-17(31-2)8-10-18/h3-12H,13-15H2,1-2H3,(H2,25,30)(H,26,29). The van der Waals surface area contributed by atoms with E-state index in [-0.39, 0.29) is 22.4 Å². The van der Waals surface area contributed by atoms with Gasteiger partial charge in [-0.15, -0.1) is 0 Å². The fourth-order valence-electron chi connectivity index (χ4n) is 3.14. The first kappa shape index (κ1) is 23.4. The van der Waals surface area contributed by atoms with Gasteiger partial charge in [0, 0.05) is 12.3 Å². The third-order valence-corrected chi connectivity index (χ3v) is 4.86. The molecule has 0 radical (unpaired) electrons. The number of aromatic nitrogens is 1. The molecule has 2 amide bonds. The summed E-state index contributed by atoms with van der Waals surface area (Å²) in [4.78, 5) is 36.1. The number of benzene rings is 2. The largest absolute Gasteiger partial charge is 0.497 e. The third kappa shape index (κ3) is 6.13. The normalized spacial score (nSPS) is 10.4. The fourth-order valence-corrected chi connectivity index (χ4v) is 3.14. The Kier molecular flexibility index (Phi) is 7.69. The lowest BCUT2D eigenvalue weighted by atomic mass is 10.1. The molecule has 3 rings (SSSR count). The van der Waals surface area contributed by atoms with E-state index in [1.807, 2.05) is 0 Å². The van der Waals surface area contributed by atoms with Gasteiger partial charge in [0.2, 0.25) is 5.43 Å². The average molecular weight is 451 g/mol. The van der Waals surface area contributed by atoms with Gasteiger partial charge in [-0.3, -0.25) is 14.4 Å². The molecule has 0 aliphatic carbocycles. The third-order valence-electron chi connectivity index (χ3n) is 4.86. The molecule has 0 saturated heterocycles. The lowest BCUT2D eigenvalue weighted by molar-refractivity contribution is -0.118. The van der Waals surface area contributed by atoms with Crippen molar-refractivity contribution in [1.82, 2.24) is 4.57 Å². The van der Waals surface area contributed by atoms with Crippen LogP contribution in [-0.2, 0) is 11.3 Å². The molecule has 0 atom stereocenters. The SMILES string of the molecule is COc1ccc(OCCn2ccc(=O)c(OCC(=O)Nc3ccccc3C(N)=O)c2C)cc1. The second-order valence-electron chi connectivity index (χ2n) is 7.06. The monoisotopic (exact) mass is 451 g/mol. The van der Waals surface area contributed by atoms with Gasteiger partial charge in [0.05, 0.1) is 30.6 Å². The van der Waals surface area contributed by atoms with Crippen LogP contribution in [0.3, 0.4) is 0 Å². The quantitative estimate of drug-likeness (QED) is 0.488. The van der Waals surface area contributed by atoms with E-state index < -0.39 is 18.4 Å². The van der Waals surface area contributed by atoms with Crippen LogP contribution in [0.1, 0.15) is 16.1 Å². The molecule has 0 fully saturated rings. The Bertz CT molecular complexity index is 1190. The fraction of sp³-hybridized carbons (Fsp3) is 0.208. The Balaban J connectivity index is 1.60. The molecular formula is C24H25N3O6. The van der Waals surface area contributed by atoms with Crippen LogP contribution in [0.4, 0.5) is 5.69 Å². The number of pyridine rings is 1. The Morgan fingerprint density at radius 3 is 2.39 bits per heavy atom. The molecule has 0 saturated carbocycles. The lowest BCUT2D eigenvalue weighted by Crippen LogP contribution is -2.25. The van der Waals surface area contributed by atoms with Crippen LogP contribution >= 0.6 is 0 Å². The molecule has 2 aromatic carbocycles. The number of carbonyl (C=O) groups excluding carboxylic acids is 2. The molecule has 3 aromatic rings. The molecular weight excluding hydrogens is 426 g/mol. The lowest BCUT2D eigenvalue weighted by Gasteiger charge is -2.15. The van der Waals surface area contributed by atoms with E-state index in [1.165, 1.54) is 12.1 Å². The van der Waals surface area contributed by atoms with E-state index in [1.54, 1.807) is 67.3 Å². The summed E-state index contributed by atoms with van der Waals surface area (Å²) in [5.41, 5.74) is 6.00. The highest BCUT2D eigenvalue weighted by Gasteiger charge is 2.14. The van der Waals surface area contributed by atoms with Crippen molar-refractivity contribution >= 4 is 17.5 Å². The van der Waals surface area contributed by atoms with Crippen LogP contribution in [0.2, 0.25) is 0 Å². The first-order chi connectivity index (χ1) is 15.9. The number of primary amides is 1. The molecule has 33 heavy (non-hydrogen) atoms. The molecule has 9 nitrogen and oxygen atoms in total. The number of methoxy groups -OCH3 is 1. The van der Waals surface area contributed by atoms with Gasteiger partial charge in [-0.1, -0.05) is 12.1 Å². The maximum atomic E-state index is 12.3. The predicted octanol–water partition coefficient (Wildman–Crippen LogP) is 2.36. The number of para-hydroxylation sites is 1. The molecule has 1 aromatic heterocycles. The van der Waals surface area contributed by atoms with Crippen LogP contribution in [-0.4, -0.2) is 36.7 Å². The molecule has 9 heteroatoms. The highest BCUT2D eigenvalue weighted by molar-refractivity contribution is 6.03. The zero-order valence-electron chi connectivity index (χ0n) is 18.4. The Hall–Kier alpha value is -4.27. The van der Waals surface area contributed by atoms with E-state index in [9.17, 15) is 14.4 Å². The first-order valence-electron chi connectivity index (χ1n) is 10.2. The minimum Gasteiger partial charge on any atom is -0.497 e. The second kappa shape index (κ2) is 10.9. The summed E-state index contributed by atoms with van der Waals surface area (Å²) < 4.78 is 18.2. The van der Waals surface area contributed by atoms with Crippen LogP contribution in [0.15, 0.2) is 65.6 Å². The molecule has 0 unspecified atom stereocenters. The number of nitrogens with two attached hydrogens (primary N) is 1. The van der Waals surface area contributed by atoms with Crippen molar-refractivity contribution in [3.8, 4) is 17.2 Å². The van der Waals surface area contributed by atoms with E-state index in [4.69, 9.17) is 19.9 Å². The number of rotatable bonds is 10. The van der Waals surface area contributed by atoms with Crippen molar-refractivity contribution in [1.29, 1.82) is 0 Å². The predicted molar refractivity (Wildman–Crippen MR) is 123 cm³/mol. The van der Waals surface area contributed by atoms with Gasteiger partial charge in [0.1, 0.15) is 18.1 Å². The summed E-state index contributed by atoms with van der Waals surface area (Å²) in [5, 5.41) is 2.57. The zero-order valence-corrected chi connectivity index (χ0v) is 18.4. The summed E-state index contributed by atoms with van der Waals surface area (Å²) in [7, 11) is 1.60. The van der Waals surface area contributed by atoms with Gasteiger partial charge in [-0.25, -0.2) is 0 Å². The van der Waals surface area contributed by atoms with Gasteiger partial charge in [0.15, 0.2) is 12.4 Å². The summed E-state index contributed by atoms with van der Waals surface area (Å²) in [6.07, 6.45) is 1.64. The van der Waals surface area contributed by atoms with Gasteiger partial charge in [0.25, 0.3) is 11.8 Å². The number of hydrogen-bond acceptors (Lipinski definition) is 6. The Labute approximate surface area is 190 Å². The van der Waals surface area contributed by atoms with Gasteiger partial charge >= 0.3 is 0 Å². The van der Waals surface area contributed by atoms with Gasteiger partial charge in [-0.05, 0) is 43.3 Å². The average Bonchev–Trinajstić information content (AvgIpc) is 2.81. The van der Waals surface area contributed by atoms with E-state index in [0.717, 1.165) is 5.75 Å². The van der Waals surface area contributed by atoms with E-state index in [0.29, 0.717) is 24.6 Å². The van der Waals surface area contributed by atoms with Crippen molar-refractivity contribution in [3.05, 3.63) is 82.3 Å². The summed E-state index contributed by atoms with van der Waals surface area (Å²) >= 11 is 0. The number of anilines is 1. The van der Waals surface area contributed by atoms with Crippen LogP contribution in [0.5, 0.6) is 17.2 Å². The Morgan fingerprint density at radius 1 is 1.00 bits per heavy atom. The second-order valence-corrected chi connectivity index (χ2v) is 7.06. The summed E-state index contributed by atoms with van der Waals surface area (Å²) in [6, 6.07) is 15.0. The molecule has 3 N–H and O–H groups in total. The van der Waals surface area contributed by atoms with Gasteiger partial charge < -0.3 is 29.8 Å². The van der Waals surface area contributed by atoms with Crippen LogP contribution < -0.4 is 30.7 Å². The van der Waals surface area contributed by atoms with Crippen molar-refractivity contribution in [2.45, 2.75) is 13.5 Å². The molecule has 0 spiro atoms. The molecule has 0 aliphatic heterocycles. The van der Waals surface area contributed by atoms with Crippen LogP contribution in [0.25, 0.3) is 0 Å². The zero-order chi connectivity index (χ0) is 23.8. The van der Waals surface area contributed by atoms with Crippen molar-refractivity contribution in [2.24, 2.45) is 5.73 Å². The number of amides is 2. The maximum absolute atomic E-state index is 12.3. The molecule has 0 bridgehead atoms. The van der Waals surface area contributed by atoms with E-state index >= 15 is 0 Å². The minimum absolute atomic E-state index is 0.0697. The topological polar surface area (TPSA) is 122 Å². The first-order valence-corrected chi connectivity index (χ1v) is 10.2. The molecule has 0 aliphatic rings. The van der Waals surface area contributed by atoms with Crippen LogP contribution in [0, 0.1) is 6.92 Å². The Morgan fingerprint density at radius 2 is 1.70 bits per heavy atom. The smallest absolute Gasteiger partial charge is 0.262 e. The van der Waals surface area contributed by atoms with Crippen molar-refractivity contribution < 1.29 is 23.8 Å². The number of nitrogens with one attached hydrogen (secondary N) is 1. The number of nitrogens with zero attached hydrogens (tertiary/aromatic N) is 1. The number of hydrogen-bond donors (Lipinski definition) is 2. The van der Waals surface area contributed by atoms with Crippen molar-refractivity contribution in [3.63, 3.8) is 0 Å². The highest BCUT2D eigenvalue weighted by atomic mass is 16.5. The highest BCUT2D eigenvalue weighted by Crippen LogP contribution is 2.18. The molecule has 172 valence electrons. The van der Waals surface area contributed by atoms with Gasteiger partial charge in [-0.2, -0.15) is 0 Å². The summed E-state index contributed by atoms with van der Waals surface area (Å²) in [5.74, 6) is 0.313. The van der Waals surface area contributed by atoms with E-state index in [2.05, 4.69) is 5.32 Å².